The molecular formula is C9H13F3N2O3. The van der Waals surface area contributed by atoms with Crippen molar-refractivity contribution in [1.29, 1.82) is 0 Å². The van der Waals surface area contributed by atoms with Gasteiger partial charge in [-0.25, -0.2) is 9.59 Å². The molecule has 8 heteroatoms. The molecule has 5 nitrogen and oxygen atoms in total. The number of alkyl halides is 3. The van der Waals surface area contributed by atoms with Crippen LogP contribution in [0.1, 0.15) is 25.7 Å². The Morgan fingerprint density at radius 3 is 2.29 bits per heavy atom. The minimum absolute atomic E-state index is 0.138. The molecule has 0 saturated heterocycles. The van der Waals surface area contributed by atoms with E-state index in [1.807, 2.05) is 0 Å². The summed E-state index contributed by atoms with van der Waals surface area (Å²) >= 11 is 0. The van der Waals surface area contributed by atoms with E-state index in [-0.39, 0.29) is 13.0 Å². The van der Waals surface area contributed by atoms with Crippen molar-refractivity contribution in [3.8, 4) is 0 Å². The summed E-state index contributed by atoms with van der Waals surface area (Å²) in [4.78, 5) is 21.9. The third-order valence-corrected chi connectivity index (χ3v) is 2.43. The number of nitrogens with one attached hydrogen (secondary N) is 2. The van der Waals surface area contributed by atoms with Gasteiger partial charge in [0.1, 0.15) is 5.54 Å². The second kappa shape index (κ2) is 4.80. The quantitative estimate of drug-likeness (QED) is 0.646. The van der Waals surface area contributed by atoms with Crippen LogP contribution >= 0.6 is 0 Å². The van der Waals surface area contributed by atoms with Crippen molar-refractivity contribution in [2.45, 2.75) is 37.4 Å². The predicted molar refractivity (Wildman–Crippen MR) is 51.4 cm³/mol. The van der Waals surface area contributed by atoms with Crippen molar-refractivity contribution in [2.75, 3.05) is 6.54 Å². The van der Waals surface area contributed by atoms with Crippen molar-refractivity contribution in [3.05, 3.63) is 0 Å². The highest BCUT2D eigenvalue weighted by Gasteiger charge is 2.51. The van der Waals surface area contributed by atoms with E-state index in [4.69, 9.17) is 5.11 Å². The summed E-state index contributed by atoms with van der Waals surface area (Å²) in [7, 11) is 0. The highest BCUT2D eigenvalue weighted by Crippen LogP contribution is 2.35. The lowest BCUT2D eigenvalue weighted by Gasteiger charge is -2.13. The number of amides is 2. The number of hydrogen-bond donors (Lipinski definition) is 3. The molecule has 0 spiro atoms. The SMILES string of the molecule is O=C(NCCCC(F)(F)F)NC1(C(=O)O)CC1. The van der Waals surface area contributed by atoms with E-state index in [2.05, 4.69) is 10.6 Å². The number of carbonyl (C=O) groups is 2. The van der Waals surface area contributed by atoms with Crippen LogP contribution in [-0.2, 0) is 4.79 Å². The van der Waals surface area contributed by atoms with Crippen LogP contribution in [0.3, 0.4) is 0 Å². The van der Waals surface area contributed by atoms with Gasteiger partial charge < -0.3 is 15.7 Å². The number of carbonyl (C=O) groups excluding carboxylic acids is 1. The van der Waals surface area contributed by atoms with Gasteiger partial charge >= 0.3 is 18.2 Å². The molecule has 1 saturated carbocycles. The fourth-order valence-electron chi connectivity index (χ4n) is 1.27. The lowest BCUT2D eigenvalue weighted by molar-refractivity contribution is -0.140. The van der Waals surface area contributed by atoms with Gasteiger partial charge in [-0.3, -0.25) is 0 Å². The van der Waals surface area contributed by atoms with E-state index in [9.17, 15) is 22.8 Å². The molecular weight excluding hydrogens is 241 g/mol. The van der Waals surface area contributed by atoms with Gasteiger partial charge in [0.15, 0.2) is 0 Å². The molecule has 0 aromatic rings. The molecule has 1 aliphatic rings. The third-order valence-electron chi connectivity index (χ3n) is 2.43. The van der Waals surface area contributed by atoms with Gasteiger partial charge in [-0.05, 0) is 19.3 Å². The Kier molecular flexibility index (Phi) is 3.84. The van der Waals surface area contributed by atoms with Crippen LogP contribution in [0, 0.1) is 0 Å². The van der Waals surface area contributed by atoms with Crippen LogP contribution in [0.4, 0.5) is 18.0 Å². The van der Waals surface area contributed by atoms with Crippen LogP contribution in [0.15, 0.2) is 0 Å². The molecule has 1 rings (SSSR count). The Labute approximate surface area is 95.4 Å². The zero-order chi connectivity index (χ0) is 13.1. The largest absolute Gasteiger partial charge is 0.480 e. The summed E-state index contributed by atoms with van der Waals surface area (Å²) in [5.74, 6) is -1.12. The van der Waals surface area contributed by atoms with Crippen LogP contribution in [0.25, 0.3) is 0 Å². The Bertz CT molecular complexity index is 313. The van der Waals surface area contributed by atoms with Crippen LogP contribution in [0.2, 0.25) is 0 Å². The molecule has 2 amide bonds. The smallest absolute Gasteiger partial charge is 0.389 e. The van der Waals surface area contributed by atoms with Gasteiger partial charge in [0, 0.05) is 13.0 Å². The van der Waals surface area contributed by atoms with Crippen molar-refractivity contribution in [1.82, 2.24) is 10.6 Å². The van der Waals surface area contributed by atoms with Gasteiger partial charge in [-0.1, -0.05) is 0 Å². The number of urea groups is 1. The summed E-state index contributed by atoms with van der Waals surface area (Å²) in [6.45, 7) is -0.138. The summed E-state index contributed by atoms with van der Waals surface area (Å²) in [5, 5.41) is 13.2. The molecule has 1 fully saturated rings. The molecule has 0 aromatic heterocycles. The standard InChI is InChI=1S/C9H13F3N2O3/c10-9(11,12)2-1-5-13-7(17)14-8(3-4-8)6(15)16/h1-5H2,(H,15,16)(H2,13,14,17). The summed E-state index contributed by atoms with van der Waals surface area (Å²) in [6, 6.07) is -0.743. The normalized spacial score (nSPS) is 17.4. The minimum Gasteiger partial charge on any atom is -0.480 e. The number of carboxylic acid groups (broad SMARTS) is 1. The zero-order valence-corrected chi connectivity index (χ0v) is 8.93. The Hall–Kier alpha value is -1.47. The summed E-state index contributed by atoms with van der Waals surface area (Å²) in [6.07, 6.45) is -4.75. The molecule has 98 valence electrons. The van der Waals surface area contributed by atoms with Crippen molar-refractivity contribution in [2.24, 2.45) is 0 Å². The van der Waals surface area contributed by atoms with E-state index < -0.39 is 30.1 Å². The number of rotatable bonds is 5. The minimum atomic E-state index is -4.24. The first-order chi connectivity index (χ1) is 7.75. The maximum Gasteiger partial charge on any atom is 0.389 e. The first-order valence-corrected chi connectivity index (χ1v) is 5.11. The molecule has 0 heterocycles. The Morgan fingerprint density at radius 1 is 1.29 bits per heavy atom. The second-order valence-electron chi connectivity index (χ2n) is 3.99. The monoisotopic (exact) mass is 254 g/mol. The molecule has 17 heavy (non-hydrogen) atoms. The number of hydrogen-bond acceptors (Lipinski definition) is 2. The molecule has 0 aromatic carbocycles. The zero-order valence-electron chi connectivity index (χ0n) is 8.93. The molecule has 0 unspecified atom stereocenters. The van der Waals surface area contributed by atoms with Gasteiger partial charge in [0.2, 0.25) is 0 Å². The maximum atomic E-state index is 11.8. The molecule has 0 bridgehead atoms. The van der Waals surface area contributed by atoms with E-state index in [1.54, 1.807) is 0 Å². The van der Waals surface area contributed by atoms with E-state index in [1.165, 1.54) is 0 Å². The van der Waals surface area contributed by atoms with E-state index in [0.29, 0.717) is 12.8 Å². The van der Waals surface area contributed by atoms with Gasteiger partial charge in [0.25, 0.3) is 0 Å². The molecule has 0 radical (unpaired) electrons. The van der Waals surface area contributed by atoms with E-state index >= 15 is 0 Å². The van der Waals surface area contributed by atoms with Crippen LogP contribution in [-0.4, -0.2) is 35.4 Å². The Balaban J connectivity index is 2.16. The highest BCUT2D eigenvalue weighted by atomic mass is 19.4. The molecule has 0 aliphatic heterocycles. The first-order valence-electron chi connectivity index (χ1n) is 5.11. The lowest BCUT2D eigenvalue weighted by Crippen LogP contribution is -2.48. The fourth-order valence-corrected chi connectivity index (χ4v) is 1.27. The first kappa shape index (κ1) is 13.6. The highest BCUT2D eigenvalue weighted by molar-refractivity contribution is 5.88. The number of carboxylic acids is 1. The van der Waals surface area contributed by atoms with Crippen molar-refractivity contribution in [3.63, 3.8) is 0 Å². The van der Waals surface area contributed by atoms with Crippen LogP contribution < -0.4 is 10.6 Å². The van der Waals surface area contributed by atoms with Crippen LogP contribution in [0.5, 0.6) is 0 Å². The van der Waals surface area contributed by atoms with Crippen molar-refractivity contribution < 1.29 is 27.9 Å². The Morgan fingerprint density at radius 2 is 1.88 bits per heavy atom. The van der Waals surface area contributed by atoms with Gasteiger partial charge in [0.05, 0.1) is 0 Å². The second-order valence-corrected chi connectivity index (χ2v) is 3.99. The van der Waals surface area contributed by atoms with Gasteiger partial charge in [-0.2, -0.15) is 13.2 Å². The topological polar surface area (TPSA) is 78.4 Å². The molecule has 3 N–H and O–H groups in total. The van der Waals surface area contributed by atoms with Gasteiger partial charge in [-0.15, -0.1) is 0 Å². The third kappa shape index (κ3) is 4.49. The fraction of sp³-hybridized carbons (Fsp3) is 0.778. The average molecular weight is 254 g/mol. The number of halogens is 3. The average Bonchev–Trinajstić information content (AvgIpc) is 2.92. The molecule has 0 atom stereocenters. The molecule has 1 aliphatic carbocycles. The summed E-state index contributed by atoms with van der Waals surface area (Å²) < 4.78 is 35.3. The lowest BCUT2D eigenvalue weighted by atomic mass is 10.3. The maximum absolute atomic E-state index is 11.8. The van der Waals surface area contributed by atoms with E-state index in [0.717, 1.165) is 0 Å². The predicted octanol–water partition coefficient (Wildman–Crippen LogP) is 1.25. The van der Waals surface area contributed by atoms with Crippen molar-refractivity contribution >= 4 is 12.0 Å². The number of aliphatic carboxylic acids is 1. The summed E-state index contributed by atoms with van der Waals surface area (Å²) in [5.41, 5.74) is -1.21.